The van der Waals surface area contributed by atoms with Gasteiger partial charge in [-0.25, -0.2) is 0 Å². The minimum absolute atomic E-state index is 0.0180. The number of carbonyl (C=O) groups is 1. The molecule has 1 rings (SSSR count). The van der Waals surface area contributed by atoms with Crippen molar-refractivity contribution in [2.75, 3.05) is 13.7 Å². The first-order valence-corrected chi connectivity index (χ1v) is 4.84. The Morgan fingerprint density at radius 2 is 2.33 bits per heavy atom. The molecule has 0 aliphatic rings. The predicted molar refractivity (Wildman–Crippen MR) is 58.9 cm³/mol. The van der Waals surface area contributed by atoms with Crippen molar-refractivity contribution < 1.29 is 9.53 Å². The van der Waals surface area contributed by atoms with Crippen LogP contribution in [-0.2, 0) is 11.3 Å². The normalized spacial score (nSPS) is 9.80. The van der Waals surface area contributed by atoms with E-state index >= 15 is 0 Å². The van der Waals surface area contributed by atoms with E-state index in [4.69, 9.17) is 22.1 Å². The zero-order valence-electron chi connectivity index (χ0n) is 8.42. The highest BCUT2D eigenvalue weighted by molar-refractivity contribution is 6.30. The molecule has 3 N–H and O–H groups in total. The molecule has 4 nitrogen and oxygen atoms in total. The standard InChI is InChI=1S/C10H13ClN2O2/c1-15-9-4-8(11)3-2-7(9)6-13-10(14)5-12/h2-4H,5-6,12H2,1H3,(H,13,14). The lowest BCUT2D eigenvalue weighted by molar-refractivity contribution is -0.119. The van der Waals surface area contributed by atoms with Crippen LogP contribution in [0.4, 0.5) is 0 Å². The number of ether oxygens (including phenoxy) is 1. The van der Waals surface area contributed by atoms with E-state index in [1.54, 1.807) is 25.3 Å². The summed E-state index contributed by atoms with van der Waals surface area (Å²) in [6, 6.07) is 5.25. The van der Waals surface area contributed by atoms with Gasteiger partial charge in [0.05, 0.1) is 13.7 Å². The number of halogens is 1. The van der Waals surface area contributed by atoms with E-state index in [1.807, 2.05) is 0 Å². The van der Waals surface area contributed by atoms with Crippen LogP contribution in [0.15, 0.2) is 18.2 Å². The van der Waals surface area contributed by atoms with E-state index in [1.165, 1.54) is 0 Å². The second-order valence-electron chi connectivity index (χ2n) is 2.94. The largest absolute Gasteiger partial charge is 0.496 e. The molecule has 5 heteroatoms. The van der Waals surface area contributed by atoms with Gasteiger partial charge < -0.3 is 15.8 Å². The van der Waals surface area contributed by atoms with Crippen LogP contribution in [0, 0.1) is 0 Å². The second-order valence-corrected chi connectivity index (χ2v) is 3.37. The predicted octanol–water partition coefficient (Wildman–Crippen LogP) is 0.923. The zero-order chi connectivity index (χ0) is 11.3. The Morgan fingerprint density at radius 1 is 1.60 bits per heavy atom. The van der Waals surface area contributed by atoms with E-state index in [0.29, 0.717) is 17.3 Å². The molecule has 0 saturated carbocycles. The maximum atomic E-state index is 10.9. The average Bonchev–Trinajstić information content (AvgIpc) is 2.26. The topological polar surface area (TPSA) is 64.3 Å². The lowest BCUT2D eigenvalue weighted by atomic mass is 10.2. The molecule has 0 spiro atoms. The van der Waals surface area contributed by atoms with E-state index < -0.39 is 0 Å². The van der Waals surface area contributed by atoms with Crippen molar-refractivity contribution >= 4 is 17.5 Å². The van der Waals surface area contributed by atoms with Gasteiger partial charge in [0.2, 0.25) is 5.91 Å². The molecule has 82 valence electrons. The smallest absolute Gasteiger partial charge is 0.234 e. The molecular weight excluding hydrogens is 216 g/mol. The Morgan fingerprint density at radius 3 is 2.93 bits per heavy atom. The van der Waals surface area contributed by atoms with Crippen LogP contribution < -0.4 is 15.8 Å². The molecule has 0 aliphatic carbocycles. The van der Waals surface area contributed by atoms with Crippen molar-refractivity contribution in [2.45, 2.75) is 6.54 Å². The monoisotopic (exact) mass is 228 g/mol. The number of rotatable bonds is 4. The first-order valence-electron chi connectivity index (χ1n) is 4.46. The fraction of sp³-hybridized carbons (Fsp3) is 0.300. The van der Waals surface area contributed by atoms with Crippen molar-refractivity contribution in [3.8, 4) is 5.75 Å². The first-order chi connectivity index (χ1) is 7.17. The minimum atomic E-state index is -0.202. The number of hydrogen-bond acceptors (Lipinski definition) is 3. The molecule has 1 amide bonds. The molecule has 0 aromatic heterocycles. The van der Waals surface area contributed by atoms with Crippen LogP contribution in [0.5, 0.6) is 5.75 Å². The molecule has 0 saturated heterocycles. The first kappa shape index (κ1) is 11.8. The number of nitrogens with two attached hydrogens (primary N) is 1. The summed E-state index contributed by atoms with van der Waals surface area (Å²) in [5.74, 6) is 0.451. The minimum Gasteiger partial charge on any atom is -0.496 e. The van der Waals surface area contributed by atoms with Crippen LogP contribution in [-0.4, -0.2) is 19.6 Å². The Labute approximate surface area is 93.4 Å². The molecule has 0 aliphatic heterocycles. The summed E-state index contributed by atoms with van der Waals surface area (Å²) in [4.78, 5) is 10.9. The van der Waals surface area contributed by atoms with Crippen LogP contribution in [0.3, 0.4) is 0 Å². The summed E-state index contributed by atoms with van der Waals surface area (Å²) in [5.41, 5.74) is 6.03. The van der Waals surface area contributed by atoms with Crippen molar-refractivity contribution in [3.63, 3.8) is 0 Å². The summed E-state index contributed by atoms with van der Waals surface area (Å²) in [7, 11) is 1.56. The van der Waals surface area contributed by atoms with Crippen molar-refractivity contribution in [1.29, 1.82) is 0 Å². The van der Waals surface area contributed by atoms with Gasteiger partial charge >= 0.3 is 0 Å². The summed E-state index contributed by atoms with van der Waals surface area (Å²) in [5, 5.41) is 3.25. The highest BCUT2D eigenvalue weighted by Gasteiger charge is 2.04. The fourth-order valence-corrected chi connectivity index (χ4v) is 1.29. The molecular formula is C10H13ClN2O2. The number of hydrogen-bond donors (Lipinski definition) is 2. The average molecular weight is 229 g/mol. The van der Waals surface area contributed by atoms with Gasteiger partial charge in [0, 0.05) is 17.1 Å². The van der Waals surface area contributed by atoms with Crippen molar-refractivity contribution in [1.82, 2.24) is 5.32 Å². The number of benzene rings is 1. The number of amides is 1. The maximum Gasteiger partial charge on any atom is 0.234 e. The number of methoxy groups -OCH3 is 1. The molecule has 0 fully saturated rings. The molecule has 1 aromatic rings. The van der Waals surface area contributed by atoms with E-state index in [0.717, 1.165) is 5.56 Å². The van der Waals surface area contributed by atoms with E-state index in [2.05, 4.69) is 5.32 Å². The number of carbonyl (C=O) groups excluding carboxylic acids is 1. The molecule has 0 atom stereocenters. The van der Waals surface area contributed by atoms with Crippen molar-refractivity contribution in [2.24, 2.45) is 5.73 Å². The third-order valence-electron chi connectivity index (χ3n) is 1.91. The van der Waals surface area contributed by atoms with Crippen LogP contribution in [0.2, 0.25) is 5.02 Å². The van der Waals surface area contributed by atoms with Gasteiger partial charge in [-0.1, -0.05) is 17.7 Å². The third kappa shape index (κ3) is 3.42. The van der Waals surface area contributed by atoms with E-state index in [-0.39, 0.29) is 12.5 Å². The quantitative estimate of drug-likeness (QED) is 0.806. The lowest BCUT2D eigenvalue weighted by Crippen LogP contribution is -2.29. The van der Waals surface area contributed by atoms with Crippen LogP contribution in [0.1, 0.15) is 5.56 Å². The molecule has 0 unspecified atom stereocenters. The zero-order valence-corrected chi connectivity index (χ0v) is 9.17. The Hall–Kier alpha value is -1.26. The van der Waals surface area contributed by atoms with Gasteiger partial charge in [0.1, 0.15) is 5.75 Å². The van der Waals surface area contributed by atoms with Gasteiger partial charge in [-0.15, -0.1) is 0 Å². The molecule has 0 radical (unpaired) electrons. The van der Waals surface area contributed by atoms with Gasteiger partial charge in [0.25, 0.3) is 0 Å². The SMILES string of the molecule is COc1cc(Cl)ccc1CNC(=O)CN. The molecule has 0 heterocycles. The van der Waals surface area contributed by atoms with Gasteiger partial charge in [0.15, 0.2) is 0 Å². The maximum absolute atomic E-state index is 10.9. The highest BCUT2D eigenvalue weighted by atomic mass is 35.5. The fourth-order valence-electron chi connectivity index (χ4n) is 1.13. The lowest BCUT2D eigenvalue weighted by Gasteiger charge is -2.09. The Balaban J connectivity index is 2.72. The molecule has 0 bridgehead atoms. The third-order valence-corrected chi connectivity index (χ3v) is 2.15. The van der Waals surface area contributed by atoms with Crippen LogP contribution >= 0.6 is 11.6 Å². The summed E-state index contributed by atoms with van der Waals surface area (Å²) in [6.45, 7) is 0.367. The second kappa shape index (κ2) is 5.58. The molecule has 1 aromatic carbocycles. The van der Waals surface area contributed by atoms with Gasteiger partial charge in [-0.05, 0) is 12.1 Å². The van der Waals surface area contributed by atoms with E-state index in [9.17, 15) is 4.79 Å². The highest BCUT2D eigenvalue weighted by Crippen LogP contribution is 2.22. The summed E-state index contributed by atoms with van der Waals surface area (Å²) in [6.07, 6.45) is 0. The molecule has 15 heavy (non-hydrogen) atoms. The summed E-state index contributed by atoms with van der Waals surface area (Å²) >= 11 is 5.80. The van der Waals surface area contributed by atoms with Gasteiger partial charge in [-0.2, -0.15) is 0 Å². The van der Waals surface area contributed by atoms with Crippen molar-refractivity contribution in [3.05, 3.63) is 28.8 Å². The Bertz CT molecular complexity index is 355. The number of nitrogens with one attached hydrogen (secondary N) is 1. The van der Waals surface area contributed by atoms with Crippen LogP contribution in [0.25, 0.3) is 0 Å². The van der Waals surface area contributed by atoms with Gasteiger partial charge in [-0.3, -0.25) is 4.79 Å². The Kier molecular flexibility index (Phi) is 4.39. The summed E-state index contributed by atoms with van der Waals surface area (Å²) < 4.78 is 5.13.